The maximum absolute atomic E-state index is 11.6. The lowest BCUT2D eigenvalue weighted by atomic mass is 10.0. The summed E-state index contributed by atoms with van der Waals surface area (Å²) in [6.07, 6.45) is 6.01. The van der Waals surface area contributed by atoms with Crippen molar-refractivity contribution in [3.63, 3.8) is 0 Å². The van der Waals surface area contributed by atoms with E-state index in [0.717, 1.165) is 62.7 Å². The average Bonchev–Trinajstić information content (AvgIpc) is 2.80. The minimum atomic E-state index is 0.0873. The standard InChI is InChI=1S/C25H31Cl2N3O2/c26-21-6-5-7-23(25(21)27)30-15-13-29(14-16-30)12-3-1-2-4-17-32-20-10-8-19-9-11-24(31)28-22(19)18-20/h5-8,10,18H,1-4,9,11-17H2,(H,28,31). The zero-order chi connectivity index (χ0) is 22.3. The number of hydrogen-bond acceptors (Lipinski definition) is 4. The molecular formula is C25H31Cl2N3O2. The van der Waals surface area contributed by atoms with E-state index in [1.165, 1.54) is 24.8 Å². The number of hydrogen-bond donors (Lipinski definition) is 1. The van der Waals surface area contributed by atoms with Gasteiger partial charge in [-0.05, 0) is 49.6 Å². The molecule has 2 heterocycles. The Morgan fingerprint density at radius 1 is 0.938 bits per heavy atom. The number of anilines is 2. The molecule has 2 aromatic carbocycles. The van der Waals surface area contributed by atoms with Crippen LogP contribution in [0.25, 0.3) is 0 Å². The maximum Gasteiger partial charge on any atom is 0.224 e. The minimum absolute atomic E-state index is 0.0873. The molecule has 4 rings (SSSR count). The molecule has 0 radical (unpaired) electrons. The molecule has 5 nitrogen and oxygen atoms in total. The first-order valence-electron chi connectivity index (χ1n) is 11.6. The summed E-state index contributed by atoms with van der Waals surface area (Å²) in [7, 11) is 0. The molecule has 2 aliphatic rings. The van der Waals surface area contributed by atoms with Crippen LogP contribution < -0.4 is 15.0 Å². The molecule has 0 unspecified atom stereocenters. The van der Waals surface area contributed by atoms with Crippen molar-refractivity contribution in [2.45, 2.75) is 38.5 Å². The number of aryl methyl sites for hydroxylation is 1. The van der Waals surface area contributed by atoms with Gasteiger partial charge in [-0.3, -0.25) is 9.69 Å². The van der Waals surface area contributed by atoms with E-state index in [-0.39, 0.29) is 5.91 Å². The Bertz CT molecular complexity index is 929. The van der Waals surface area contributed by atoms with Crippen LogP contribution in [0.3, 0.4) is 0 Å². The van der Waals surface area contributed by atoms with Crippen LogP contribution in [-0.2, 0) is 11.2 Å². The van der Waals surface area contributed by atoms with Gasteiger partial charge >= 0.3 is 0 Å². The Morgan fingerprint density at radius 3 is 2.59 bits per heavy atom. The van der Waals surface area contributed by atoms with E-state index in [1.54, 1.807) is 0 Å². The van der Waals surface area contributed by atoms with E-state index < -0.39 is 0 Å². The Balaban J connectivity index is 1.08. The van der Waals surface area contributed by atoms with Gasteiger partial charge in [0.1, 0.15) is 5.75 Å². The number of fused-ring (bicyclic) bond motifs is 1. The molecule has 0 atom stereocenters. The van der Waals surface area contributed by atoms with E-state index in [0.29, 0.717) is 23.1 Å². The number of nitrogens with one attached hydrogen (secondary N) is 1. The molecular weight excluding hydrogens is 445 g/mol. The number of carbonyl (C=O) groups is 1. The quantitative estimate of drug-likeness (QED) is 0.476. The first-order chi connectivity index (χ1) is 15.6. The Labute approximate surface area is 200 Å². The average molecular weight is 476 g/mol. The zero-order valence-corrected chi connectivity index (χ0v) is 19.9. The second-order valence-corrected chi connectivity index (χ2v) is 9.32. The molecule has 1 fully saturated rings. The lowest BCUT2D eigenvalue weighted by molar-refractivity contribution is -0.116. The van der Waals surface area contributed by atoms with E-state index in [2.05, 4.69) is 21.2 Å². The normalized spacial score (nSPS) is 16.6. The van der Waals surface area contributed by atoms with E-state index >= 15 is 0 Å². The maximum atomic E-state index is 11.6. The van der Waals surface area contributed by atoms with Gasteiger partial charge in [0.15, 0.2) is 0 Å². The zero-order valence-electron chi connectivity index (χ0n) is 18.4. The van der Waals surface area contributed by atoms with E-state index in [1.807, 2.05) is 30.3 Å². The van der Waals surface area contributed by atoms with Crippen molar-refractivity contribution >= 4 is 40.5 Å². The minimum Gasteiger partial charge on any atom is -0.494 e. The van der Waals surface area contributed by atoms with Crippen molar-refractivity contribution in [3.05, 3.63) is 52.0 Å². The first kappa shape index (κ1) is 23.2. The van der Waals surface area contributed by atoms with Gasteiger partial charge in [0.05, 0.1) is 22.3 Å². The summed E-state index contributed by atoms with van der Waals surface area (Å²) < 4.78 is 5.89. The van der Waals surface area contributed by atoms with Gasteiger partial charge in [0.25, 0.3) is 0 Å². The largest absolute Gasteiger partial charge is 0.494 e. The highest BCUT2D eigenvalue weighted by molar-refractivity contribution is 6.43. The van der Waals surface area contributed by atoms with E-state index in [9.17, 15) is 4.79 Å². The summed E-state index contributed by atoms with van der Waals surface area (Å²) in [5, 5.41) is 4.20. The molecule has 0 saturated carbocycles. The summed E-state index contributed by atoms with van der Waals surface area (Å²) in [5.41, 5.74) is 3.13. The molecule has 1 saturated heterocycles. The topological polar surface area (TPSA) is 44.8 Å². The number of piperazine rings is 1. The molecule has 32 heavy (non-hydrogen) atoms. The van der Waals surface area contributed by atoms with Gasteiger partial charge in [0.2, 0.25) is 5.91 Å². The Kier molecular flexibility index (Phi) is 8.17. The van der Waals surface area contributed by atoms with Crippen molar-refractivity contribution < 1.29 is 9.53 Å². The lowest BCUT2D eigenvalue weighted by Crippen LogP contribution is -2.46. The molecule has 0 aromatic heterocycles. The Hall–Kier alpha value is -1.95. The van der Waals surface area contributed by atoms with Gasteiger partial charge in [0, 0.05) is 44.4 Å². The summed E-state index contributed by atoms with van der Waals surface area (Å²) in [6.45, 7) is 5.93. The van der Waals surface area contributed by atoms with Gasteiger partial charge in [-0.15, -0.1) is 0 Å². The van der Waals surface area contributed by atoms with Crippen LogP contribution in [0.15, 0.2) is 36.4 Å². The number of benzene rings is 2. The third-order valence-electron chi connectivity index (χ3n) is 6.26. The predicted octanol–water partition coefficient (Wildman–Crippen LogP) is 5.64. The molecule has 172 valence electrons. The number of rotatable bonds is 9. The highest BCUT2D eigenvalue weighted by atomic mass is 35.5. The second-order valence-electron chi connectivity index (χ2n) is 8.53. The van der Waals surface area contributed by atoms with Crippen LogP contribution in [0, 0.1) is 0 Å². The molecule has 7 heteroatoms. The SMILES string of the molecule is O=C1CCc2ccc(OCCCCCCN3CCN(c4cccc(Cl)c4Cl)CC3)cc2N1. The summed E-state index contributed by atoms with van der Waals surface area (Å²) in [6, 6.07) is 11.9. The van der Waals surface area contributed by atoms with Crippen LogP contribution in [0.5, 0.6) is 5.75 Å². The fourth-order valence-corrected chi connectivity index (χ4v) is 4.79. The van der Waals surface area contributed by atoms with Crippen LogP contribution in [0.2, 0.25) is 10.0 Å². The highest BCUT2D eigenvalue weighted by Crippen LogP contribution is 2.33. The van der Waals surface area contributed by atoms with Gasteiger partial charge < -0.3 is 15.0 Å². The fraction of sp³-hybridized carbons (Fsp3) is 0.480. The summed E-state index contributed by atoms with van der Waals surface area (Å²) >= 11 is 12.5. The number of carbonyl (C=O) groups excluding carboxylic acids is 1. The lowest BCUT2D eigenvalue weighted by Gasteiger charge is -2.36. The third-order valence-corrected chi connectivity index (χ3v) is 7.07. The number of amides is 1. The van der Waals surface area contributed by atoms with E-state index in [4.69, 9.17) is 27.9 Å². The van der Waals surface area contributed by atoms with Gasteiger partial charge in [-0.2, -0.15) is 0 Å². The van der Waals surface area contributed by atoms with Crippen molar-refractivity contribution in [1.82, 2.24) is 4.90 Å². The molecule has 2 aliphatic heterocycles. The second kappa shape index (κ2) is 11.3. The monoisotopic (exact) mass is 475 g/mol. The molecule has 1 N–H and O–H groups in total. The Morgan fingerprint density at radius 2 is 1.75 bits per heavy atom. The number of unbranched alkanes of at least 4 members (excludes halogenated alkanes) is 3. The van der Waals surface area contributed by atoms with Crippen molar-refractivity contribution in [2.24, 2.45) is 0 Å². The van der Waals surface area contributed by atoms with Crippen LogP contribution >= 0.6 is 23.2 Å². The fourth-order valence-electron chi connectivity index (χ4n) is 4.37. The van der Waals surface area contributed by atoms with Crippen LogP contribution in [-0.4, -0.2) is 50.1 Å². The van der Waals surface area contributed by atoms with Crippen molar-refractivity contribution in [1.29, 1.82) is 0 Å². The predicted molar refractivity (Wildman–Crippen MR) is 132 cm³/mol. The summed E-state index contributed by atoms with van der Waals surface area (Å²) in [4.78, 5) is 16.4. The molecule has 1 amide bonds. The third kappa shape index (κ3) is 6.09. The molecule has 2 aromatic rings. The number of ether oxygens (including phenoxy) is 1. The van der Waals surface area contributed by atoms with Crippen molar-refractivity contribution in [2.75, 3.05) is 49.5 Å². The van der Waals surface area contributed by atoms with Crippen LogP contribution in [0.4, 0.5) is 11.4 Å². The smallest absolute Gasteiger partial charge is 0.224 e. The first-order valence-corrected chi connectivity index (χ1v) is 12.3. The molecule has 0 bridgehead atoms. The van der Waals surface area contributed by atoms with Crippen molar-refractivity contribution in [3.8, 4) is 5.75 Å². The molecule has 0 aliphatic carbocycles. The summed E-state index contributed by atoms with van der Waals surface area (Å²) in [5.74, 6) is 0.924. The number of halogens is 2. The highest BCUT2D eigenvalue weighted by Gasteiger charge is 2.19. The van der Waals surface area contributed by atoms with Crippen LogP contribution in [0.1, 0.15) is 37.7 Å². The molecule has 0 spiro atoms. The van der Waals surface area contributed by atoms with Gasteiger partial charge in [-0.1, -0.05) is 48.2 Å². The number of nitrogens with zero attached hydrogens (tertiary/aromatic N) is 2. The van der Waals surface area contributed by atoms with Gasteiger partial charge in [-0.25, -0.2) is 0 Å².